The van der Waals surface area contributed by atoms with Gasteiger partial charge >= 0.3 is 0 Å². The van der Waals surface area contributed by atoms with Crippen LogP contribution in [0.1, 0.15) is 39.4 Å². The molecule has 0 saturated carbocycles. The van der Waals surface area contributed by atoms with E-state index in [0.717, 1.165) is 55.3 Å². The normalized spacial score (nSPS) is 10.8. The number of aromatic nitrogens is 4. The van der Waals surface area contributed by atoms with Crippen LogP contribution in [-0.4, -0.2) is 26.3 Å². The Kier molecular flexibility index (Phi) is 5.09. The molecule has 0 spiro atoms. The first-order chi connectivity index (χ1) is 9.76. The van der Waals surface area contributed by atoms with Crippen LogP contribution in [0.4, 0.5) is 5.82 Å². The Bertz CT molecular complexity index is 547. The van der Waals surface area contributed by atoms with Crippen LogP contribution < -0.4 is 5.32 Å². The van der Waals surface area contributed by atoms with Gasteiger partial charge in [-0.2, -0.15) is 5.10 Å². The van der Waals surface area contributed by atoms with Crippen molar-refractivity contribution in [3.8, 4) is 11.3 Å². The molecule has 2 rings (SSSR count). The lowest BCUT2D eigenvalue weighted by molar-refractivity contribution is 0.603. The minimum absolute atomic E-state index is 0.831. The lowest BCUT2D eigenvalue weighted by Gasteiger charge is -2.07. The molecular weight excluding hydrogens is 250 g/mol. The SMILES string of the molecule is CCCNc1cc(-c2cnn(CCC)c2)nc(CC)n1. The van der Waals surface area contributed by atoms with Gasteiger partial charge in [-0.1, -0.05) is 20.8 Å². The predicted octanol–water partition coefficient (Wildman–Crippen LogP) is 3.13. The summed E-state index contributed by atoms with van der Waals surface area (Å²) in [6.45, 7) is 8.23. The second-order valence-corrected chi connectivity index (χ2v) is 4.83. The molecule has 0 aliphatic carbocycles. The van der Waals surface area contributed by atoms with E-state index in [2.05, 4.69) is 47.4 Å². The lowest BCUT2D eigenvalue weighted by atomic mass is 10.2. The molecule has 1 N–H and O–H groups in total. The zero-order valence-corrected chi connectivity index (χ0v) is 12.6. The highest BCUT2D eigenvalue weighted by atomic mass is 15.3. The Morgan fingerprint density at radius 2 is 2.00 bits per heavy atom. The first-order valence-electron chi connectivity index (χ1n) is 7.41. The summed E-state index contributed by atoms with van der Waals surface area (Å²) in [5.74, 6) is 1.77. The molecule has 2 heterocycles. The minimum Gasteiger partial charge on any atom is -0.370 e. The summed E-state index contributed by atoms with van der Waals surface area (Å²) in [5, 5.41) is 7.70. The maximum atomic E-state index is 4.60. The second-order valence-electron chi connectivity index (χ2n) is 4.83. The smallest absolute Gasteiger partial charge is 0.131 e. The fourth-order valence-corrected chi connectivity index (χ4v) is 1.99. The first kappa shape index (κ1) is 14.5. The number of nitrogens with zero attached hydrogens (tertiary/aromatic N) is 4. The fourth-order valence-electron chi connectivity index (χ4n) is 1.99. The summed E-state index contributed by atoms with van der Waals surface area (Å²) in [7, 11) is 0. The van der Waals surface area contributed by atoms with Gasteiger partial charge in [0.2, 0.25) is 0 Å². The van der Waals surface area contributed by atoms with E-state index in [9.17, 15) is 0 Å². The van der Waals surface area contributed by atoms with Crippen molar-refractivity contribution in [3.63, 3.8) is 0 Å². The van der Waals surface area contributed by atoms with Crippen LogP contribution in [-0.2, 0) is 13.0 Å². The van der Waals surface area contributed by atoms with Crippen molar-refractivity contribution < 1.29 is 0 Å². The zero-order valence-electron chi connectivity index (χ0n) is 12.6. The number of aryl methyl sites for hydroxylation is 2. The van der Waals surface area contributed by atoms with Crippen molar-refractivity contribution >= 4 is 5.82 Å². The third kappa shape index (κ3) is 3.56. The third-order valence-corrected chi connectivity index (χ3v) is 3.03. The molecule has 5 heteroatoms. The number of hydrogen-bond acceptors (Lipinski definition) is 4. The van der Waals surface area contributed by atoms with Gasteiger partial charge in [-0.25, -0.2) is 9.97 Å². The van der Waals surface area contributed by atoms with Crippen molar-refractivity contribution in [2.45, 2.75) is 46.6 Å². The van der Waals surface area contributed by atoms with Crippen molar-refractivity contribution in [2.75, 3.05) is 11.9 Å². The van der Waals surface area contributed by atoms with E-state index >= 15 is 0 Å². The van der Waals surface area contributed by atoms with Crippen LogP contribution in [0.3, 0.4) is 0 Å². The highest BCUT2D eigenvalue weighted by molar-refractivity contribution is 5.61. The van der Waals surface area contributed by atoms with Gasteiger partial charge in [0.1, 0.15) is 11.6 Å². The molecule has 0 radical (unpaired) electrons. The molecule has 108 valence electrons. The number of anilines is 1. The molecule has 20 heavy (non-hydrogen) atoms. The van der Waals surface area contributed by atoms with Crippen LogP contribution in [0.15, 0.2) is 18.5 Å². The molecule has 0 aliphatic rings. The molecule has 0 amide bonds. The van der Waals surface area contributed by atoms with E-state index in [-0.39, 0.29) is 0 Å². The standard InChI is InChI=1S/C15H23N5/c1-4-7-16-15-9-13(18-14(6-3)19-15)12-10-17-20(11-12)8-5-2/h9-11H,4-8H2,1-3H3,(H,16,18,19). The van der Waals surface area contributed by atoms with E-state index in [0.29, 0.717) is 0 Å². The Labute approximate surface area is 120 Å². The highest BCUT2D eigenvalue weighted by Gasteiger charge is 2.07. The fraction of sp³-hybridized carbons (Fsp3) is 0.533. The van der Waals surface area contributed by atoms with Crippen LogP contribution in [0, 0.1) is 0 Å². The van der Waals surface area contributed by atoms with Crippen molar-refractivity contribution in [2.24, 2.45) is 0 Å². The average Bonchev–Trinajstić information content (AvgIpc) is 2.94. The molecule has 2 aromatic heterocycles. The Hall–Kier alpha value is -1.91. The number of nitrogens with one attached hydrogen (secondary N) is 1. The summed E-state index contributed by atoms with van der Waals surface area (Å²) in [5.41, 5.74) is 1.99. The Morgan fingerprint density at radius 3 is 2.70 bits per heavy atom. The molecule has 0 atom stereocenters. The van der Waals surface area contributed by atoms with E-state index in [1.807, 2.05) is 16.9 Å². The van der Waals surface area contributed by atoms with Gasteiger partial charge in [-0.05, 0) is 12.8 Å². The topological polar surface area (TPSA) is 55.6 Å². The summed E-state index contributed by atoms with van der Waals surface area (Å²) >= 11 is 0. The predicted molar refractivity (Wildman–Crippen MR) is 81.7 cm³/mol. The first-order valence-corrected chi connectivity index (χ1v) is 7.41. The van der Waals surface area contributed by atoms with Crippen LogP contribution in [0.25, 0.3) is 11.3 Å². The maximum Gasteiger partial charge on any atom is 0.131 e. The molecule has 0 aromatic carbocycles. The quantitative estimate of drug-likeness (QED) is 0.842. The van der Waals surface area contributed by atoms with E-state index < -0.39 is 0 Å². The van der Waals surface area contributed by atoms with Gasteiger partial charge in [0.05, 0.1) is 11.9 Å². The molecule has 0 fully saturated rings. The van der Waals surface area contributed by atoms with Crippen molar-refractivity contribution in [3.05, 3.63) is 24.3 Å². The van der Waals surface area contributed by atoms with Gasteiger partial charge in [0, 0.05) is 37.3 Å². The van der Waals surface area contributed by atoms with E-state index in [1.54, 1.807) is 0 Å². The van der Waals surface area contributed by atoms with E-state index in [4.69, 9.17) is 0 Å². The third-order valence-electron chi connectivity index (χ3n) is 3.03. The summed E-state index contributed by atoms with van der Waals surface area (Å²) in [6, 6.07) is 2.00. The molecular formula is C15H23N5. The van der Waals surface area contributed by atoms with Crippen LogP contribution in [0.5, 0.6) is 0 Å². The number of rotatable bonds is 7. The average molecular weight is 273 g/mol. The molecule has 0 unspecified atom stereocenters. The van der Waals surface area contributed by atoms with Crippen LogP contribution >= 0.6 is 0 Å². The summed E-state index contributed by atoms with van der Waals surface area (Å²) in [4.78, 5) is 9.11. The summed E-state index contributed by atoms with van der Waals surface area (Å²) < 4.78 is 1.96. The monoisotopic (exact) mass is 273 g/mol. The minimum atomic E-state index is 0.831. The second kappa shape index (κ2) is 7.03. The van der Waals surface area contributed by atoms with Crippen molar-refractivity contribution in [1.82, 2.24) is 19.7 Å². The van der Waals surface area contributed by atoms with Gasteiger partial charge in [0.15, 0.2) is 0 Å². The van der Waals surface area contributed by atoms with E-state index in [1.165, 1.54) is 0 Å². The maximum absolute atomic E-state index is 4.60. The highest BCUT2D eigenvalue weighted by Crippen LogP contribution is 2.19. The largest absolute Gasteiger partial charge is 0.370 e. The molecule has 0 aliphatic heterocycles. The Balaban J connectivity index is 2.28. The molecule has 2 aromatic rings. The van der Waals surface area contributed by atoms with Gasteiger partial charge in [-0.15, -0.1) is 0 Å². The van der Waals surface area contributed by atoms with Gasteiger partial charge < -0.3 is 5.32 Å². The number of hydrogen-bond donors (Lipinski definition) is 1. The van der Waals surface area contributed by atoms with Crippen molar-refractivity contribution in [1.29, 1.82) is 0 Å². The molecule has 0 saturated heterocycles. The lowest BCUT2D eigenvalue weighted by Crippen LogP contribution is -2.05. The van der Waals surface area contributed by atoms with Gasteiger partial charge in [-0.3, -0.25) is 4.68 Å². The zero-order chi connectivity index (χ0) is 14.4. The van der Waals surface area contributed by atoms with Gasteiger partial charge in [0.25, 0.3) is 0 Å². The Morgan fingerprint density at radius 1 is 1.15 bits per heavy atom. The van der Waals surface area contributed by atoms with Crippen LogP contribution in [0.2, 0.25) is 0 Å². The molecule has 0 bridgehead atoms. The molecule has 5 nitrogen and oxygen atoms in total. The summed E-state index contributed by atoms with van der Waals surface area (Å²) in [6.07, 6.45) is 6.91.